The van der Waals surface area contributed by atoms with E-state index in [1.54, 1.807) is 24.3 Å². The predicted octanol–water partition coefficient (Wildman–Crippen LogP) is 6.57. The number of carbonyl (C=O) groups excluding carboxylic acids is 1. The lowest BCUT2D eigenvalue weighted by Crippen LogP contribution is -2.20. The molecule has 0 fully saturated rings. The van der Waals surface area contributed by atoms with Gasteiger partial charge in [-0.15, -0.1) is 13.2 Å². The highest BCUT2D eigenvalue weighted by atomic mass is 79.9. The Bertz CT molecular complexity index is 994. The highest BCUT2D eigenvalue weighted by molar-refractivity contribution is 9.10. The van der Waals surface area contributed by atoms with E-state index >= 15 is 0 Å². The van der Waals surface area contributed by atoms with Gasteiger partial charge in [-0.25, -0.2) is 4.79 Å². The number of para-hydroxylation sites is 2. The Kier molecular flexibility index (Phi) is 6.83. The number of carbonyl (C=O) groups is 1. The van der Waals surface area contributed by atoms with Crippen molar-refractivity contribution in [2.45, 2.75) is 13.0 Å². The first kappa shape index (κ1) is 21.5. The summed E-state index contributed by atoms with van der Waals surface area (Å²) in [4.78, 5) is 12.3. The van der Waals surface area contributed by atoms with Gasteiger partial charge in [-0.3, -0.25) is 0 Å². The highest BCUT2D eigenvalue weighted by Crippen LogP contribution is 2.26. The molecule has 30 heavy (non-hydrogen) atoms. The van der Waals surface area contributed by atoms with Gasteiger partial charge in [-0.2, -0.15) is 0 Å². The lowest BCUT2D eigenvalue weighted by molar-refractivity contribution is -0.274. The maximum Gasteiger partial charge on any atom is 0.573 e. The number of nitrogens with one attached hydrogen (secondary N) is 2. The zero-order chi connectivity index (χ0) is 21.6. The summed E-state index contributed by atoms with van der Waals surface area (Å²) < 4.78 is 47.2. The van der Waals surface area contributed by atoms with Crippen molar-refractivity contribution in [3.8, 4) is 11.5 Å². The van der Waals surface area contributed by atoms with Gasteiger partial charge in [0.25, 0.3) is 0 Å². The molecule has 2 amide bonds. The molecule has 2 N–H and O–H groups in total. The van der Waals surface area contributed by atoms with Gasteiger partial charge in [0.2, 0.25) is 0 Å². The summed E-state index contributed by atoms with van der Waals surface area (Å²) >= 11 is 3.37. The van der Waals surface area contributed by atoms with Crippen LogP contribution in [0.2, 0.25) is 0 Å². The summed E-state index contributed by atoms with van der Waals surface area (Å²) in [5.41, 5.74) is 1.71. The molecule has 0 unspecified atom stereocenters. The second-order valence-corrected chi connectivity index (χ2v) is 6.98. The molecule has 3 aromatic carbocycles. The van der Waals surface area contributed by atoms with Crippen LogP contribution in [0.25, 0.3) is 0 Å². The van der Waals surface area contributed by atoms with Crippen molar-refractivity contribution < 1.29 is 27.4 Å². The molecule has 0 radical (unpaired) electrons. The van der Waals surface area contributed by atoms with Crippen molar-refractivity contribution in [2.24, 2.45) is 0 Å². The predicted molar refractivity (Wildman–Crippen MR) is 111 cm³/mol. The fraction of sp³-hybridized carbons (Fsp3) is 0.0952. The molecule has 0 bridgehead atoms. The van der Waals surface area contributed by atoms with Crippen LogP contribution in [-0.2, 0) is 6.61 Å². The van der Waals surface area contributed by atoms with Gasteiger partial charge in [0.15, 0.2) is 0 Å². The van der Waals surface area contributed by atoms with E-state index < -0.39 is 12.4 Å². The van der Waals surface area contributed by atoms with E-state index in [9.17, 15) is 18.0 Å². The Balaban J connectivity index is 1.59. The largest absolute Gasteiger partial charge is 0.573 e. The van der Waals surface area contributed by atoms with Gasteiger partial charge in [-0.05, 0) is 54.1 Å². The minimum absolute atomic E-state index is 0.301. The molecule has 0 aliphatic carbocycles. The summed E-state index contributed by atoms with van der Waals surface area (Å²) in [7, 11) is 0. The second-order valence-electron chi connectivity index (χ2n) is 6.06. The van der Waals surface area contributed by atoms with Crippen molar-refractivity contribution in [3.63, 3.8) is 0 Å². The van der Waals surface area contributed by atoms with Crippen molar-refractivity contribution in [1.82, 2.24) is 0 Å². The first-order valence-corrected chi connectivity index (χ1v) is 9.48. The number of ether oxygens (including phenoxy) is 2. The van der Waals surface area contributed by atoms with Crippen LogP contribution in [0, 0.1) is 0 Å². The van der Waals surface area contributed by atoms with Crippen LogP contribution in [-0.4, -0.2) is 12.4 Å². The smallest absolute Gasteiger partial charge is 0.487 e. The van der Waals surface area contributed by atoms with Crippen LogP contribution >= 0.6 is 15.9 Å². The topological polar surface area (TPSA) is 59.6 Å². The maximum absolute atomic E-state index is 12.3. The Labute approximate surface area is 178 Å². The molecule has 0 aliphatic heterocycles. The number of anilines is 2. The first-order valence-electron chi connectivity index (χ1n) is 8.68. The van der Waals surface area contributed by atoms with Gasteiger partial charge in [0.1, 0.15) is 18.1 Å². The SMILES string of the molecule is O=C(Nc1ccc(OC(F)(F)F)cc1)Nc1ccccc1OCc1ccc(Br)cc1. The lowest BCUT2D eigenvalue weighted by atomic mass is 10.2. The summed E-state index contributed by atoms with van der Waals surface area (Å²) in [6, 6.07) is 18.8. The van der Waals surface area contributed by atoms with Gasteiger partial charge in [0, 0.05) is 10.2 Å². The number of hydrogen-bond donors (Lipinski definition) is 2. The fourth-order valence-corrected chi connectivity index (χ4v) is 2.73. The Hall–Kier alpha value is -3.20. The van der Waals surface area contributed by atoms with Crippen LogP contribution in [0.1, 0.15) is 5.56 Å². The van der Waals surface area contributed by atoms with E-state index in [-0.39, 0.29) is 5.75 Å². The zero-order valence-electron chi connectivity index (χ0n) is 15.4. The molecule has 3 rings (SSSR count). The minimum atomic E-state index is -4.77. The number of amides is 2. The quantitative estimate of drug-likeness (QED) is 0.419. The van der Waals surface area contributed by atoms with Crippen LogP contribution in [0.3, 0.4) is 0 Å². The summed E-state index contributed by atoms with van der Waals surface area (Å²) in [5, 5.41) is 5.20. The normalized spacial score (nSPS) is 10.9. The van der Waals surface area contributed by atoms with Crippen molar-refractivity contribution in [1.29, 1.82) is 0 Å². The Morgan fingerprint density at radius 2 is 1.57 bits per heavy atom. The molecule has 0 saturated carbocycles. The molecule has 5 nitrogen and oxygen atoms in total. The third-order valence-electron chi connectivity index (χ3n) is 3.79. The monoisotopic (exact) mass is 480 g/mol. The Morgan fingerprint density at radius 1 is 0.900 bits per heavy atom. The van der Waals surface area contributed by atoms with Crippen LogP contribution < -0.4 is 20.1 Å². The molecular formula is C21H16BrF3N2O3. The van der Waals surface area contributed by atoms with E-state index in [1.807, 2.05) is 24.3 Å². The number of urea groups is 1. The molecule has 0 spiro atoms. The average Bonchev–Trinajstić information content (AvgIpc) is 2.69. The van der Waals surface area contributed by atoms with Gasteiger partial charge in [0.05, 0.1) is 5.69 Å². The van der Waals surface area contributed by atoms with Gasteiger partial charge in [-0.1, -0.05) is 40.2 Å². The van der Waals surface area contributed by atoms with Gasteiger partial charge >= 0.3 is 12.4 Å². The molecule has 9 heteroatoms. The van der Waals surface area contributed by atoms with Crippen molar-refractivity contribution in [3.05, 3.63) is 82.8 Å². The van der Waals surface area contributed by atoms with Crippen LogP contribution in [0.15, 0.2) is 77.3 Å². The van der Waals surface area contributed by atoms with Crippen molar-refractivity contribution in [2.75, 3.05) is 10.6 Å². The Morgan fingerprint density at radius 3 is 2.23 bits per heavy atom. The molecule has 0 aliphatic rings. The summed E-state index contributed by atoms with van der Waals surface area (Å²) in [6.45, 7) is 0.314. The third kappa shape index (κ3) is 6.70. The van der Waals surface area contributed by atoms with Crippen LogP contribution in [0.4, 0.5) is 29.3 Å². The molecular weight excluding hydrogens is 465 g/mol. The highest BCUT2D eigenvalue weighted by Gasteiger charge is 2.30. The first-order chi connectivity index (χ1) is 14.3. The van der Waals surface area contributed by atoms with Crippen molar-refractivity contribution >= 4 is 33.3 Å². The van der Waals surface area contributed by atoms with Crippen LogP contribution in [0.5, 0.6) is 11.5 Å². The zero-order valence-corrected chi connectivity index (χ0v) is 17.0. The molecule has 0 saturated heterocycles. The average molecular weight is 481 g/mol. The molecule has 0 heterocycles. The number of rotatable bonds is 6. The van der Waals surface area contributed by atoms with E-state index in [2.05, 4.69) is 31.3 Å². The lowest BCUT2D eigenvalue weighted by Gasteiger charge is -2.14. The fourth-order valence-electron chi connectivity index (χ4n) is 2.46. The molecule has 156 valence electrons. The van der Waals surface area contributed by atoms with E-state index in [0.29, 0.717) is 23.7 Å². The number of alkyl halides is 3. The number of hydrogen-bond acceptors (Lipinski definition) is 3. The third-order valence-corrected chi connectivity index (χ3v) is 4.32. The van der Waals surface area contributed by atoms with E-state index in [4.69, 9.17) is 4.74 Å². The molecule has 0 aromatic heterocycles. The minimum Gasteiger partial charge on any atom is -0.487 e. The standard InChI is InChI=1S/C21H16BrF3N2O3/c22-15-7-5-14(6-8-15)13-29-19-4-2-1-3-18(19)27-20(28)26-16-9-11-17(12-10-16)30-21(23,24)25/h1-12H,13H2,(H2,26,27,28). The summed E-state index contributed by atoms with van der Waals surface area (Å²) in [5.74, 6) is 0.102. The second kappa shape index (κ2) is 9.53. The number of benzene rings is 3. The number of halogens is 4. The van der Waals surface area contributed by atoms with E-state index in [1.165, 1.54) is 12.1 Å². The molecule has 0 atom stereocenters. The molecule has 3 aromatic rings. The van der Waals surface area contributed by atoms with Gasteiger partial charge < -0.3 is 20.1 Å². The maximum atomic E-state index is 12.3. The van der Waals surface area contributed by atoms with E-state index in [0.717, 1.165) is 22.2 Å². The summed E-state index contributed by atoms with van der Waals surface area (Å²) in [6.07, 6.45) is -4.77.